The second kappa shape index (κ2) is 5.26. The molecular weight excluding hydrogens is 246 g/mol. The maximum Gasteiger partial charge on any atom is 0.354 e. The van der Waals surface area contributed by atoms with Crippen LogP contribution in [0.4, 0.5) is 5.82 Å². The summed E-state index contributed by atoms with van der Waals surface area (Å²) in [7, 11) is 0. The van der Waals surface area contributed by atoms with Gasteiger partial charge in [0.1, 0.15) is 17.2 Å². The number of hydrogen-bond acceptors (Lipinski definition) is 4. The van der Waals surface area contributed by atoms with E-state index in [0.717, 1.165) is 5.69 Å². The van der Waals surface area contributed by atoms with Gasteiger partial charge in [0.15, 0.2) is 0 Å². The molecule has 0 saturated heterocycles. The molecule has 0 saturated carbocycles. The van der Waals surface area contributed by atoms with Crippen molar-refractivity contribution in [2.75, 3.05) is 5.32 Å². The van der Waals surface area contributed by atoms with E-state index in [2.05, 4.69) is 15.3 Å². The lowest BCUT2D eigenvalue weighted by molar-refractivity contribution is 0.0690. The zero-order valence-corrected chi connectivity index (χ0v) is 10.1. The summed E-state index contributed by atoms with van der Waals surface area (Å²) in [5.41, 5.74) is 0.623. The normalized spacial score (nSPS) is 9.95. The predicted octanol–water partition coefficient (Wildman–Crippen LogP) is 1.74. The Morgan fingerprint density at radius 3 is 2.42 bits per heavy atom. The van der Waals surface area contributed by atoms with E-state index in [9.17, 15) is 9.59 Å². The van der Waals surface area contributed by atoms with E-state index in [1.165, 1.54) is 18.2 Å². The number of aromatic carboxylic acids is 1. The van der Waals surface area contributed by atoms with Crippen LogP contribution >= 0.6 is 0 Å². The van der Waals surface area contributed by atoms with Crippen molar-refractivity contribution >= 4 is 17.7 Å². The first kappa shape index (κ1) is 12.7. The number of hydrogen-bond donors (Lipinski definition) is 2. The van der Waals surface area contributed by atoms with Crippen LogP contribution in [-0.2, 0) is 0 Å². The molecular formula is C13H11N3O3. The predicted molar refractivity (Wildman–Crippen MR) is 68.1 cm³/mol. The molecule has 0 aliphatic carbocycles. The van der Waals surface area contributed by atoms with E-state index >= 15 is 0 Å². The van der Waals surface area contributed by atoms with Crippen molar-refractivity contribution in [3.05, 3.63) is 53.5 Å². The number of pyridine rings is 2. The maximum atomic E-state index is 11.9. The van der Waals surface area contributed by atoms with Gasteiger partial charge >= 0.3 is 5.97 Å². The first-order chi connectivity index (χ1) is 9.06. The second-order valence-corrected chi connectivity index (χ2v) is 3.83. The average molecular weight is 257 g/mol. The Labute approximate surface area is 109 Å². The Balaban J connectivity index is 2.20. The molecule has 0 spiro atoms. The zero-order valence-electron chi connectivity index (χ0n) is 10.1. The molecule has 2 aromatic rings. The summed E-state index contributed by atoms with van der Waals surface area (Å²) in [5, 5.41) is 11.4. The molecule has 2 heterocycles. The number of anilines is 1. The molecule has 0 aromatic carbocycles. The van der Waals surface area contributed by atoms with E-state index in [-0.39, 0.29) is 11.4 Å². The largest absolute Gasteiger partial charge is 0.477 e. The summed E-state index contributed by atoms with van der Waals surface area (Å²) in [6.07, 6.45) is 0. The van der Waals surface area contributed by atoms with Crippen molar-refractivity contribution in [3.8, 4) is 0 Å². The van der Waals surface area contributed by atoms with Gasteiger partial charge in [-0.05, 0) is 31.2 Å². The third-order valence-electron chi connectivity index (χ3n) is 2.33. The van der Waals surface area contributed by atoms with Crippen LogP contribution in [0, 0.1) is 6.92 Å². The van der Waals surface area contributed by atoms with Gasteiger partial charge in [-0.15, -0.1) is 0 Å². The minimum atomic E-state index is -1.18. The molecule has 0 bridgehead atoms. The summed E-state index contributed by atoms with van der Waals surface area (Å²) < 4.78 is 0. The van der Waals surface area contributed by atoms with E-state index in [1.54, 1.807) is 25.1 Å². The highest BCUT2D eigenvalue weighted by Gasteiger charge is 2.11. The van der Waals surface area contributed by atoms with Crippen molar-refractivity contribution in [1.82, 2.24) is 9.97 Å². The van der Waals surface area contributed by atoms with Gasteiger partial charge in [-0.3, -0.25) is 4.79 Å². The lowest BCUT2D eigenvalue weighted by atomic mass is 10.3. The summed E-state index contributed by atoms with van der Waals surface area (Å²) in [5.74, 6) is -1.28. The molecule has 6 heteroatoms. The smallest absolute Gasteiger partial charge is 0.354 e. The maximum absolute atomic E-state index is 11.9. The Bertz CT molecular complexity index is 641. The lowest BCUT2D eigenvalue weighted by Crippen LogP contribution is -2.16. The monoisotopic (exact) mass is 257 g/mol. The Kier molecular flexibility index (Phi) is 3.51. The highest BCUT2D eigenvalue weighted by Crippen LogP contribution is 2.07. The van der Waals surface area contributed by atoms with Crippen LogP contribution in [0.3, 0.4) is 0 Å². The molecule has 0 unspecified atom stereocenters. The summed E-state index contributed by atoms with van der Waals surface area (Å²) in [6.45, 7) is 1.80. The highest BCUT2D eigenvalue weighted by molar-refractivity contribution is 6.02. The third kappa shape index (κ3) is 3.12. The van der Waals surface area contributed by atoms with Crippen LogP contribution in [-0.4, -0.2) is 27.0 Å². The van der Waals surface area contributed by atoms with Crippen LogP contribution in [0.25, 0.3) is 0 Å². The van der Waals surface area contributed by atoms with Crippen LogP contribution in [0.5, 0.6) is 0 Å². The number of carbonyl (C=O) groups excluding carboxylic acids is 1. The summed E-state index contributed by atoms with van der Waals surface area (Å²) in [6, 6.07) is 9.45. The number of carbonyl (C=O) groups is 2. The SMILES string of the molecule is Cc1cccc(NC(=O)c2cccc(C(=O)O)n2)n1. The fourth-order valence-corrected chi connectivity index (χ4v) is 1.47. The van der Waals surface area contributed by atoms with Gasteiger partial charge in [-0.2, -0.15) is 0 Å². The van der Waals surface area contributed by atoms with Crippen LogP contribution in [0.1, 0.15) is 26.7 Å². The van der Waals surface area contributed by atoms with Crippen molar-refractivity contribution in [2.45, 2.75) is 6.92 Å². The molecule has 0 aliphatic heterocycles. The molecule has 0 radical (unpaired) electrons. The lowest BCUT2D eigenvalue weighted by Gasteiger charge is -2.05. The first-order valence-corrected chi connectivity index (χ1v) is 5.51. The average Bonchev–Trinajstić information content (AvgIpc) is 2.39. The Hall–Kier alpha value is -2.76. The van der Waals surface area contributed by atoms with Crippen molar-refractivity contribution in [3.63, 3.8) is 0 Å². The van der Waals surface area contributed by atoms with Gasteiger partial charge in [-0.1, -0.05) is 12.1 Å². The van der Waals surface area contributed by atoms with E-state index in [0.29, 0.717) is 5.82 Å². The Morgan fingerprint density at radius 2 is 1.74 bits per heavy atom. The van der Waals surface area contributed by atoms with Gasteiger partial charge in [0.25, 0.3) is 5.91 Å². The molecule has 0 aliphatic rings. The number of aromatic nitrogens is 2. The van der Waals surface area contributed by atoms with Gasteiger partial charge in [0, 0.05) is 5.69 Å². The number of rotatable bonds is 3. The number of nitrogens with one attached hydrogen (secondary N) is 1. The molecule has 1 amide bonds. The zero-order chi connectivity index (χ0) is 13.8. The standard InChI is InChI=1S/C13H11N3O3/c1-8-4-2-7-11(14-8)16-12(17)9-5-3-6-10(15-9)13(18)19/h2-7H,1H3,(H,18,19)(H,14,16,17). The van der Waals surface area contributed by atoms with E-state index in [1.807, 2.05) is 0 Å². The van der Waals surface area contributed by atoms with Crippen LogP contribution in [0.2, 0.25) is 0 Å². The van der Waals surface area contributed by atoms with Gasteiger partial charge in [0.05, 0.1) is 0 Å². The van der Waals surface area contributed by atoms with Crippen LogP contribution in [0.15, 0.2) is 36.4 Å². The van der Waals surface area contributed by atoms with Crippen molar-refractivity contribution < 1.29 is 14.7 Å². The second-order valence-electron chi connectivity index (χ2n) is 3.83. The number of nitrogens with zero attached hydrogens (tertiary/aromatic N) is 2. The fourth-order valence-electron chi connectivity index (χ4n) is 1.47. The molecule has 96 valence electrons. The van der Waals surface area contributed by atoms with Crippen molar-refractivity contribution in [2.24, 2.45) is 0 Å². The van der Waals surface area contributed by atoms with Gasteiger partial charge in [0.2, 0.25) is 0 Å². The number of amides is 1. The molecule has 0 fully saturated rings. The van der Waals surface area contributed by atoms with E-state index < -0.39 is 11.9 Å². The van der Waals surface area contributed by atoms with Gasteiger partial charge in [-0.25, -0.2) is 14.8 Å². The molecule has 2 N–H and O–H groups in total. The molecule has 6 nitrogen and oxygen atoms in total. The van der Waals surface area contributed by atoms with Crippen molar-refractivity contribution in [1.29, 1.82) is 0 Å². The molecule has 0 atom stereocenters. The number of aryl methyl sites for hydroxylation is 1. The van der Waals surface area contributed by atoms with Gasteiger partial charge < -0.3 is 10.4 Å². The van der Waals surface area contributed by atoms with Crippen LogP contribution < -0.4 is 5.32 Å². The highest BCUT2D eigenvalue weighted by atomic mass is 16.4. The molecule has 2 rings (SSSR count). The first-order valence-electron chi connectivity index (χ1n) is 5.51. The Morgan fingerprint density at radius 1 is 1.05 bits per heavy atom. The minimum Gasteiger partial charge on any atom is -0.477 e. The quantitative estimate of drug-likeness (QED) is 0.873. The number of carboxylic acids is 1. The minimum absolute atomic E-state index is 0.0307. The number of carboxylic acid groups (broad SMARTS) is 1. The topological polar surface area (TPSA) is 92.2 Å². The van der Waals surface area contributed by atoms with E-state index in [4.69, 9.17) is 5.11 Å². The summed E-state index contributed by atoms with van der Waals surface area (Å²) >= 11 is 0. The molecule has 2 aromatic heterocycles. The third-order valence-corrected chi connectivity index (χ3v) is 2.33. The molecule has 19 heavy (non-hydrogen) atoms. The fraction of sp³-hybridized carbons (Fsp3) is 0.0769. The summed E-state index contributed by atoms with van der Waals surface area (Å²) in [4.78, 5) is 30.5.